The first-order chi connectivity index (χ1) is 5.81. The van der Waals surface area contributed by atoms with E-state index < -0.39 is 0 Å². The maximum Gasteiger partial charge on any atom is 0.0230 e. The van der Waals surface area contributed by atoms with Crippen molar-refractivity contribution in [2.24, 2.45) is 0 Å². The second kappa shape index (κ2) is 8.38. The Kier molecular flexibility index (Phi) is 7.87. The smallest absolute Gasteiger partial charge is 0.0230 e. The average Bonchev–Trinajstić information content (AvgIpc) is 2.05. The molecule has 0 aliphatic rings. The number of rotatable bonds is 7. The van der Waals surface area contributed by atoms with Crippen LogP contribution in [0.15, 0.2) is 24.9 Å². The molecule has 0 saturated heterocycles. The summed E-state index contributed by atoms with van der Waals surface area (Å²) in [5, 5.41) is 3.17. The highest BCUT2D eigenvalue weighted by atomic mass is 14.9. The Morgan fingerprint density at radius 2 is 2.00 bits per heavy atom. The summed E-state index contributed by atoms with van der Waals surface area (Å²) in [7, 11) is 0. The SMILES string of the molecule is C=CNC(C)CC/C=C/CCC. The number of hydrogen-bond acceptors (Lipinski definition) is 1. The lowest BCUT2D eigenvalue weighted by molar-refractivity contribution is 0.593. The van der Waals surface area contributed by atoms with Gasteiger partial charge in [0.25, 0.3) is 0 Å². The van der Waals surface area contributed by atoms with E-state index in [1.54, 1.807) is 6.20 Å². The highest BCUT2D eigenvalue weighted by Crippen LogP contribution is 1.99. The van der Waals surface area contributed by atoms with Crippen LogP contribution < -0.4 is 5.32 Å². The Balaban J connectivity index is 3.23. The van der Waals surface area contributed by atoms with E-state index >= 15 is 0 Å². The Bertz CT molecular complexity index is 127. The molecule has 0 radical (unpaired) electrons. The fourth-order valence-electron chi connectivity index (χ4n) is 1.03. The lowest BCUT2D eigenvalue weighted by Crippen LogP contribution is -2.19. The molecule has 0 saturated carbocycles. The van der Waals surface area contributed by atoms with Gasteiger partial charge in [0.05, 0.1) is 0 Å². The molecule has 0 aromatic heterocycles. The molecule has 0 heterocycles. The van der Waals surface area contributed by atoms with Crippen molar-refractivity contribution >= 4 is 0 Å². The first-order valence-electron chi connectivity index (χ1n) is 4.83. The molecule has 0 aromatic rings. The maximum absolute atomic E-state index is 3.63. The van der Waals surface area contributed by atoms with Gasteiger partial charge in [-0.1, -0.05) is 32.1 Å². The van der Waals surface area contributed by atoms with Crippen LogP contribution in [0, 0.1) is 0 Å². The van der Waals surface area contributed by atoms with Crippen LogP contribution in [0.5, 0.6) is 0 Å². The predicted molar refractivity (Wildman–Crippen MR) is 56.1 cm³/mol. The molecule has 1 nitrogen and oxygen atoms in total. The minimum Gasteiger partial charge on any atom is -0.389 e. The highest BCUT2D eigenvalue weighted by Gasteiger charge is 1.94. The molecule has 12 heavy (non-hydrogen) atoms. The van der Waals surface area contributed by atoms with Crippen molar-refractivity contribution in [2.45, 2.75) is 45.6 Å². The molecule has 1 unspecified atom stereocenters. The molecule has 0 amide bonds. The third kappa shape index (κ3) is 7.39. The van der Waals surface area contributed by atoms with Crippen LogP contribution in [0.2, 0.25) is 0 Å². The molecule has 0 spiro atoms. The van der Waals surface area contributed by atoms with Crippen LogP contribution in [0.4, 0.5) is 0 Å². The maximum atomic E-state index is 3.63. The topological polar surface area (TPSA) is 12.0 Å². The lowest BCUT2D eigenvalue weighted by Gasteiger charge is -2.08. The van der Waals surface area contributed by atoms with E-state index in [1.165, 1.54) is 25.7 Å². The van der Waals surface area contributed by atoms with Crippen molar-refractivity contribution in [2.75, 3.05) is 0 Å². The van der Waals surface area contributed by atoms with Crippen LogP contribution >= 0.6 is 0 Å². The van der Waals surface area contributed by atoms with Crippen LogP contribution in [-0.2, 0) is 0 Å². The van der Waals surface area contributed by atoms with Crippen LogP contribution in [0.1, 0.15) is 39.5 Å². The van der Waals surface area contributed by atoms with Gasteiger partial charge in [0, 0.05) is 6.04 Å². The van der Waals surface area contributed by atoms with Gasteiger partial charge in [0.1, 0.15) is 0 Å². The Hall–Kier alpha value is -0.720. The van der Waals surface area contributed by atoms with Gasteiger partial charge in [-0.05, 0) is 32.4 Å². The minimum atomic E-state index is 0.550. The van der Waals surface area contributed by atoms with Gasteiger partial charge < -0.3 is 5.32 Å². The van der Waals surface area contributed by atoms with Crippen LogP contribution in [0.3, 0.4) is 0 Å². The molecule has 0 bridgehead atoms. The summed E-state index contributed by atoms with van der Waals surface area (Å²) in [6.07, 6.45) is 11.1. The second-order valence-electron chi connectivity index (χ2n) is 3.11. The molecule has 1 atom stereocenters. The number of nitrogens with one attached hydrogen (secondary N) is 1. The van der Waals surface area contributed by atoms with E-state index in [0.29, 0.717) is 6.04 Å². The van der Waals surface area contributed by atoms with Gasteiger partial charge in [-0.3, -0.25) is 0 Å². The quantitative estimate of drug-likeness (QED) is 0.574. The standard InChI is InChI=1S/C11H21N/c1-4-6-7-8-9-10-11(3)12-5-2/h5,7-8,11-12H,2,4,6,9-10H2,1,3H3/b8-7+. The summed E-state index contributed by atoms with van der Waals surface area (Å²) in [6, 6.07) is 0.550. The first-order valence-corrected chi connectivity index (χ1v) is 4.83. The van der Waals surface area contributed by atoms with Crippen molar-refractivity contribution < 1.29 is 0 Å². The van der Waals surface area contributed by atoms with Gasteiger partial charge in [0.2, 0.25) is 0 Å². The van der Waals surface area contributed by atoms with Crippen molar-refractivity contribution in [1.82, 2.24) is 5.32 Å². The zero-order chi connectivity index (χ0) is 9.23. The fraction of sp³-hybridized carbons (Fsp3) is 0.636. The van der Waals surface area contributed by atoms with E-state index in [0.717, 1.165) is 0 Å². The summed E-state index contributed by atoms with van der Waals surface area (Å²) in [5.74, 6) is 0. The molecule has 0 aliphatic carbocycles. The fourth-order valence-corrected chi connectivity index (χ4v) is 1.03. The number of hydrogen-bond donors (Lipinski definition) is 1. The molecule has 0 fully saturated rings. The van der Waals surface area contributed by atoms with Gasteiger partial charge in [-0.2, -0.15) is 0 Å². The molecule has 0 aromatic carbocycles. The average molecular weight is 167 g/mol. The van der Waals surface area contributed by atoms with E-state index in [1.807, 2.05) is 0 Å². The summed E-state index contributed by atoms with van der Waals surface area (Å²) < 4.78 is 0. The van der Waals surface area contributed by atoms with Crippen molar-refractivity contribution in [3.63, 3.8) is 0 Å². The third-order valence-electron chi connectivity index (χ3n) is 1.79. The molecule has 0 aliphatic heterocycles. The Morgan fingerprint density at radius 3 is 2.58 bits per heavy atom. The molecule has 0 rings (SSSR count). The van der Waals surface area contributed by atoms with Gasteiger partial charge in [-0.15, -0.1) is 0 Å². The predicted octanol–water partition coefficient (Wildman–Crippen LogP) is 3.24. The monoisotopic (exact) mass is 167 g/mol. The number of unbranched alkanes of at least 4 members (excludes halogenated alkanes) is 1. The Morgan fingerprint density at radius 1 is 1.33 bits per heavy atom. The number of allylic oxidation sites excluding steroid dienone is 2. The normalized spacial score (nSPS) is 13.2. The summed E-state index contributed by atoms with van der Waals surface area (Å²) in [5.41, 5.74) is 0. The molecular formula is C11H21N. The van der Waals surface area contributed by atoms with E-state index in [9.17, 15) is 0 Å². The van der Waals surface area contributed by atoms with E-state index in [-0.39, 0.29) is 0 Å². The van der Waals surface area contributed by atoms with E-state index in [4.69, 9.17) is 0 Å². The zero-order valence-corrected chi connectivity index (χ0v) is 8.34. The molecular weight excluding hydrogens is 146 g/mol. The second-order valence-corrected chi connectivity index (χ2v) is 3.11. The van der Waals surface area contributed by atoms with Crippen molar-refractivity contribution in [1.29, 1.82) is 0 Å². The molecule has 1 heteroatoms. The minimum absolute atomic E-state index is 0.550. The van der Waals surface area contributed by atoms with Gasteiger partial charge >= 0.3 is 0 Å². The van der Waals surface area contributed by atoms with Crippen LogP contribution in [0.25, 0.3) is 0 Å². The van der Waals surface area contributed by atoms with Gasteiger partial charge in [-0.25, -0.2) is 0 Å². The molecule has 1 N–H and O–H groups in total. The zero-order valence-electron chi connectivity index (χ0n) is 8.34. The van der Waals surface area contributed by atoms with Crippen LogP contribution in [-0.4, -0.2) is 6.04 Å². The van der Waals surface area contributed by atoms with Crippen molar-refractivity contribution in [3.8, 4) is 0 Å². The van der Waals surface area contributed by atoms with Gasteiger partial charge in [0.15, 0.2) is 0 Å². The van der Waals surface area contributed by atoms with Crippen molar-refractivity contribution in [3.05, 3.63) is 24.9 Å². The Labute approximate surface area is 76.6 Å². The third-order valence-corrected chi connectivity index (χ3v) is 1.79. The summed E-state index contributed by atoms with van der Waals surface area (Å²) in [4.78, 5) is 0. The van der Waals surface area contributed by atoms with E-state index in [2.05, 4.69) is 37.9 Å². The largest absolute Gasteiger partial charge is 0.389 e. The lowest BCUT2D eigenvalue weighted by atomic mass is 10.1. The first kappa shape index (κ1) is 11.3. The highest BCUT2D eigenvalue weighted by molar-refractivity contribution is 4.83. The summed E-state index contributed by atoms with van der Waals surface area (Å²) >= 11 is 0. The molecule has 70 valence electrons. The summed E-state index contributed by atoms with van der Waals surface area (Å²) in [6.45, 7) is 8.01.